The first-order chi connectivity index (χ1) is 28.7. The van der Waals surface area contributed by atoms with Gasteiger partial charge in [-0.2, -0.15) is 0 Å². The van der Waals surface area contributed by atoms with Gasteiger partial charge < -0.3 is 13.9 Å². The standard InChI is InChI=1S/C54H34N2OS/c1-3-13-35(14-4-1)37-25-29-43-42-17-7-10-20-49(42)56(50(43)31-37)41-33-46(54-48(34-41)44-18-8-11-21-51(44)57-54)36-23-26-39(27-24-36)55(38-15-5-2-6-16-38)40-28-30-53-47(32-40)45-19-9-12-22-52(45)58-53/h1-34H. The molecule has 58 heavy (non-hydrogen) atoms. The van der Waals surface area contributed by atoms with Gasteiger partial charge in [0.2, 0.25) is 0 Å². The summed E-state index contributed by atoms with van der Waals surface area (Å²) < 4.78 is 11.8. The van der Waals surface area contributed by atoms with Crippen LogP contribution in [0.25, 0.3) is 91.9 Å². The summed E-state index contributed by atoms with van der Waals surface area (Å²) in [5, 5.41) is 7.24. The molecule has 9 aromatic carbocycles. The van der Waals surface area contributed by atoms with E-state index in [1.54, 1.807) is 0 Å². The number of furan rings is 1. The van der Waals surface area contributed by atoms with Gasteiger partial charge in [-0.25, -0.2) is 0 Å². The summed E-state index contributed by atoms with van der Waals surface area (Å²) >= 11 is 1.85. The lowest BCUT2D eigenvalue weighted by Crippen LogP contribution is -2.09. The number of para-hydroxylation sites is 3. The second-order valence-corrected chi connectivity index (χ2v) is 16.0. The van der Waals surface area contributed by atoms with Crippen molar-refractivity contribution in [2.24, 2.45) is 0 Å². The van der Waals surface area contributed by atoms with Gasteiger partial charge in [0.15, 0.2) is 0 Å². The highest BCUT2D eigenvalue weighted by molar-refractivity contribution is 7.25. The van der Waals surface area contributed by atoms with Gasteiger partial charge in [-0.1, -0.05) is 127 Å². The number of aromatic nitrogens is 1. The monoisotopic (exact) mass is 758 g/mol. The number of rotatable bonds is 6. The van der Waals surface area contributed by atoms with Crippen molar-refractivity contribution >= 4 is 92.3 Å². The van der Waals surface area contributed by atoms with Crippen LogP contribution in [-0.4, -0.2) is 4.57 Å². The lowest BCUT2D eigenvalue weighted by Gasteiger charge is -2.26. The second-order valence-electron chi connectivity index (χ2n) is 14.9. The molecule has 0 N–H and O–H groups in total. The summed E-state index contributed by atoms with van der Waals surface area (Å²) in [6.07, 6.45) is 0. The molecule has 0 aliphatic carbocycles. The number of hydrogen-bond donors (Lipinski definition) is 0. The molecule has 0 amide bonds. The van der Waals surface area contributed by atoms with Crippen LogP contribution >= 0.6 is 11.3 Å². The number of fused-ring (bicyclic) bond motifs is 9. The minimum Gasteiger partial charge on any atom is -0.455 e. The van der Waals surface area contributed by atoms with Crippen LogP contribution in [0, 0.1) is 0 Å². The lowest BCUT2D eigenvalue weighted by atomic mass is 10.00. The fraction of sp³-hybridized carbons (Fsp3) is 0. The first-order valence-corrected chi connectivity index (χ1v) is 20.5. The van der Waals surface area contributed by atoms with E-state index in [1.807, 2.05) is 17.4 Å². The van der Waals surface area contributed by atoms with Crippen LogP contribution in [0.15, 0.2) is 211 Å². The highest BCUT2D eigenvalue weighted by atomic mass is 32.1. The molecule has 12 rings (SSSR count). The van der Waals surface area contributed by atoms with Crippen molar-refractivity contribution in [1.82, 2.24) is 4.57 Å². The predicted molar refractivity (Wildman–Crippen MR) is 247 cm³/mol. The summed E-state index contributed by atoms with van der Waals surface area (Å²) in [5.41, 5.74) is 13.1. The molecule has 0 bridgehead atoms. The smallest absolute Gasteiger partial charge is 0.143 e. The van der Waals surface area contributed by atoms with Crippen LogP contribution in [0.2, 0.25) is 0 Å². The summed E-state index contributed by atoms with van der Waals surface area (Å²) in [6, 6.07) is 74.4. The van der Waals surface area contributed by atoms with E-state index in [0.717, 1.165) is 55.8 Å². The first kappa shape index (κ1) is 32.8. The number of nitrogens with zero attached hydrogens (tertiary/aromatic N) is 2. The molecule has 3 aromatic heterocycles. The molecule has 0 aliphatic rings. The Bertz CT molecular complexity index is 3500. The van der Waals surface area contributed by atoms with Crippen LogP contribution in [0.5, 0.6) is 0 Å². The fourth-order valence-electron chi connectivity index (χ4n) is 8.88. The molecule has 3 nitrogen and oxygen atoms in total. The van der Waals surface area contributed by atoms with Gasteiger partial charge >= 0.3 is 0 Å². The van der Waals surface area contributed by atoms with Gasteiger partial charge in [0.05, 0.1) is 11.0 Å². The molecule has 272 valence electrons. The Hall–Kier alpha value is -7.40. The van der Waals surface area contributed by atoms with Crippen molar-refractivity contribution in [3.63, 3.8) is 0 Å². The first-order valence-electron chi connectivity index (χ1n) is 19.7. The Balaban J connectivity index is 1.05. The van der Waals surface area contributed by atoms with Gasteiger partial charge in [-0.3, -0.25) is 0 Å². The Kier molecular flexibility index (Phi) is 7.40. The van der Waals surface area contributed by atoms with Crippen molar-refractivity contribution in [1.29, 1.82) is 0 Å². The highest BCUT2D eigenvalue weighted by Crippen LogP contribution is 2.44. The van der Waals surface area contributed by atoms with E-state index in [2.05, 4.69) is 210 Å². The summed E-state index contributed by atoms with van der Waals surface area (Å²) in [4.78, 5) is 2.35. The Morgan fingerprint density at radius 1 is 0.379 bits per heavy atom. The van der Waals surface area contributed by atoms with Gasteiger partial charge in [-0.15, -0.1) is 11.3 Å². The fourth-order valence-corrected chi connectivity index (χ4v) is 9.97. The van der Waals surface area contributed by atoms with E-state index in [0.29, 0.717) is 0 Å². The summed E-state index contributed by atoms with van der Waals surface area (Å²) in [6.45, 7) is 0. The molecule has 0 radical (unpaired) electrons. The third kappa shape index (κ3) is 5.19. The van der Waals surface area contributed by atoms with Gasteiger partial charge in [0, 0.05) is 70.0 Å². The minimum absolute atomic E-state index is 0.882. The maximum Gasteiger partial charge on any atom is 0.143 e. The zero-order valence-corrected chi connectivity index (χ0v) is 32.2. The molecule has 12 aromatic rings. The lowest BCUT2D eigenvalue weighted by molar-refractivity contribution is 0.670. The predicted octanol–water partition coefficient (Wildman–Crippen LogP) is 15.9. The number of anilines is 3. The van der Waals surface area contributed by atoms with E-state index in [4.69, 9.17) is 4.42 Å². The molecule has 3 heterocycles. The topological polar surface area (TPSA) is 21.3 Å². The molecule has 0 unspecified atom stereocenters. The van der Waals surface area contributed by atoms with Crippen LogP contribution in [0.4, 0.5) is 17.1 Å². The van der Waals surface area contributed by atoms with Crippen molar-refractivity contribution in [2.75, 3.05) is 4.90 Å². The Morgan fingerprint density at radius 3 is 1.86 bits per heavy atom. The van der Waals surface area contributed by atoms with Crippen LogP contribution in [0.3, 0.4) is 0 Å². The SMILES string of the molecule is c1ccc(-c2ccc3c4ccccc4n(-c4cc(-c5ccc(N(c6ccccc6)c6ccc7sc8ccccc8c7c6)cc5)c5oc6ccccc6c5c4)c3c2)cc1. The van der Waals surface area contributed by atoms with E-state index in [1.165, 1.54) is 53.1 Å². The van der Waals surface area contributed by atoms with Crippen LogP contribution < -0.4 is 4.90 Å². The molecular weight excluding hydrogens is 725 g/mol. The van der Waals surface area contributed by atoms with E-state index in [9.17, 15) is 0 Å². The van der Waals surface area contributed by atoms with Gasteiger partial charge in [0.1, 0.15) is 11.2 Å². The van der Waals surface area contributed by atoms with Crippen LogP contribution in [-0.2, 0) is 0 Å². The average molecular weight is 759 g/mol. The largest absolute Gasteiger partial charge is 0.455 e. The zero-order valence-electron chi connectivity index (χ0n) is 31.3. The maximum absolute atomic E-state index is 6.73. The van der Waals surface area contributed by atoms with Crippen LogP contribution in [0.1, 0.15) is 0 Å². The molecule has 0 spiro atoms. The van der Waals surface area contributed by atoms with E-state index >= 15 is 0 Å². The third-order valence-corrected chi connectivity index (χ3v) is 12.7. The van der Waals surface area contributed by atoms with Gasteiger partial charge in [-0.05, 0) is 95.6 Å². The molecule has 0 fully saturated rings. The molecule has 0 saturated heterocycles. The van der Waals surface area contributed by atoms with E-state index in [-0.39, 0.29) is 0 Å². The van der Waals surface area contributed by atoms with Crippen molar-refractivity contribution in [3.8, 4) is 27.9 Å². The second kappa shape index (κ2) is 13.1. The quantitative estimate of drug-likeness (QED) is 0.168. The highest BCUT2D eigenvalue weighted by Gasteiger charge is 2.20. The number of hydrogen-bond acceptors (Lipinski definition) is 3. The van der Waals surface area contributed by atoms with Crippen molar-refractivity contribution in [2.45, 2.75) is 0 Å². The normalized spacial score (nSPS) is 11.8. The Labute approximate surface area is 338 Å². The summed E-state index contributed by atoms with van der Waals surface area (Å²) in [7, 11) is 0. The molecular formula is C54H34N2OS. The Morgan fingerprint density at radius 2 is 1.02 bits per heavy atom. The maximum atomic E-state index is 6.73. The number of benzene rings is 9. The molecule has 0 saturated carbocycles. The molecule has 4 heteroatoms. The minimum atomic E-state index is 0.882. The van der Waals surface area contributed by atoms with Crippen molar-refractivity contribution in [3.05, 3.63) is 206 Å². The van der Waals surface area contributed by atoms with Gasteiger partial charge in [0.25, 0.3) is 0 Å². The van der Waals surface area contributed by atoms with Crippen molar-refractivity contribution < 1.29 is 4.42 Å². The number of thiophene rings is 1. The average Bonchev–Trinajstić information content (AvgIpc) is 3.96. The third-order valence-electron chi connectivity index (χ3n) is 11.6. The summed E-state index contributed by atoms with van der Waals surface area (Å²) in [5.74, 6) is 0. The molecule has 0 atom stereocenters. The van der Waals surface area contributed by atoms with E-state index < -0.39 is 0 Å². The zero-order chi connectivity index (χ0) is 38.2. The molecule has 0 aliphatic heterocycles.